The summed E-state index contributed by atoms with van der Waals surface area (Å²) < 4.78 is 32.6. The smallest absolute Gasteiger partial charge is 0.240 e. The number of anilines is 1. The van der Waals surface area contributed by atoms with Gasteiger partial charge in [-0.15, -0.1) is 11.8 Å². The second-order valence-electron chi connectivity index (χ2n) is 6.70. The van der Waals surface area contributed by atoms with Crippen LogP contribution in [0.25, 0.3) is 0 Å². The molecule has 0 heterocycles. The Hall–Kier alpha value is -2.03. The van der Waals surface area contributed by atoms with E-state index in [1.807, 2.05) is 31.2 Å². The van der Waals surface area contributed by atoms with Crippen molar-refractivity contribution in [1.29, 1.82) is 0 Å². The van der Waals surface area contributed by atoms with Crippen molar-refractivity contribution in [1.82, 2.24) is 4.72 Å². The van der Waals surface area contributed by atoms with Crippen LogP contribution in [0.15, 0.2) is 52.3 Å². The number of hydrogen-bond acceptors (Lipinski definition) is 5. The van der Waals surface area contributed by atoms with E-state index in [2.05, 4.69) is 10.0 Å². The Morgan fingerprint density at radius 3 is 2.29 bits per heavy atom. The van der Waals surface area contributed by atoms with Gasteiger partial charge in [0.1, 0.15) is 5.75 Å². The zero-order valence-electron chi connectivity index (χ0n) is 16.6. The molecule has 28 heavy (non-hydrogen) atoms. The van der Waals surface area contributed by atoms with Crippen LogP contribution in [0.3, 0.4) is 0 Å². The number of hydrogen-bond donors (Lipinski definition) is 2. The number of sulfonamides is 1. The number of rotatable bonds is 8. The van der Waals surface area contributed by atoms with Gasteiger partial charge in [-0.05, 0) is 58.0 Å². The van der Waals surface area contributed by atoms with E-state index in [4.69, 9.17) is 4.74 Å². The first-order valence-electron chi connectivity index (χ1n) is 8.87. The molecule has 0 radical (unpaired) electrons. The summed E-state index contributed by atoms with van der Waals surface area (Å²) in [5.41, 5.74) is 1.47. The van der Waals surface area contributed by atoms with E-state index in [1.54, 1.807) is 20.8 Å². The van der Waals surface area contributed by atoms with Crippen molar-refractivity contribution in [2.45, 2.75) is 48.8 Å². The third kappa shape index (κ3) is 5.98. The first-order chi connectivity index (χ1) is 13.1. The zero-order valence-corrected chi connectivity index (χ0v) is 18.3. The van der Waals surface area contributed by atoms with E-state index in [9.17, 15) is 13.2 Å². The van der Waals surface area contributed by atoms with Crippen LogP contribution in [0.2, 0.25) is 0 Å². The molecule has 0 spiro atoms. The fourth-order valence-corrected chi connectivity index (χ4v) is 4.58. The third-order valence-corrected chi connectivity index (χ3v) is 6.60. The van der Waals surface area contributed by atoms with Crippen LogP contribution in [0.5, 0.6) is 5.75 Å². The largest absolute Gasteiger partial charge is 0.495 e. The molecule has 6 nitrogen and oxygen atoms in total. The van der Waals surface area contributed by atoms with Crippen molar-refractivity contribution in [2.75, 3.05) is 12.4 Å². The quantitative estimate of drug-likeness (QED) is 0.632. The summed E-state index contributed by atoms with van der Waals surface area (Å²) in [6.07, 6.45) is 0. The Morgan fingerprint density at radius 1 is 1.07 bits per heavy atom. The molecule has 0 bridgehead atoms. The van der Waals surface area contributed by atoms with Gasteiger partial charge < -0.3 is 10.1 Å². The van der Waals surface area contributed by atoms with Gasteiger partial charge >= 0.3 is 0 Å². The van der Waals surface area contributed by atoms with Crippen molar-refractivity contribution < 1.29 is 17.9 Å². The van der Waals surface area contributed by atoms with Crippen molar-refractivity contribution in [3.8, 4) is 5.75 Å². The van der Waals surface area contributed by atoms with Gasteiger partial charge in [0.25, 0.3) is 0 Å². The number of methoxy groups -OCH3 is 1. The molecule has 0 saturated heterocycles. The van der Waals surface area contributed by atoms with E-state index >= 15 is 0 Å². The Kier molecular flexibility index (Phi) is 7.51. The van der Waals surface area contributed by atoms with Crippen LogP contribution in [0.4, 0.5) is 5.69 Å². The first kappa shape index (κ1) is 22.3. The summed E-state index contributed by atoms with van der Waals surface area (Å²) in [4.78, 5) is 13.7. The van der Waals surface area contributed by atoms with E-state index in [-0.39, 0.29) is 22.1 Å². The molecule has 2 N–H and O–H groups in total. The lowest BCUT2D eigenvalue weighted by atomic mass is 10.2. The number of aryl methyl sites for hydroxylation is 1. The molecule has 1 atom stereocenters. The number of thioether (sulfide) groups is 1. The van der Waals surface area contributed by atoms with Gasteiger partial charge in [-0.2, -0.15) is 0 Å². The molecule has 0 aliphatic rings. The average Bonchev–Trinajstić information content (AvgIpc) is 2.62. The molecular formula is C20H26N2O4S2. The number of carbonyl (C=O) groups is 1. The van der Waals surface area contributed by atoms with E-state index in [0.29, 0.717) is 11.4 Å². The number of nitrogens with one attached hydrogen (secondary N) is 2. The van der Waals surface area contributed by atoms with Gasteiger partial charge in [-0.3, -0.25) is 4.79 Å². The SMILES string of the molecule is COc1ccc(S(=O)(=O)NC(C)C)cc1NC(=O)[C@H](C)Sc1ccc(C)cc1. The van der Waals surface area contributed by atoms with Gasteiger partial charge in [0.05, 0.1) is 22.9 Å². The average molecular weight is 423 g/mol. The Balaban J connectivity index is 2.20. The monoisotopic (exact) mass is 422 g/mol. The van der Waals surface area contributed by atoms with Gasteiger partial charge in [-0.25, -0.2) is 13.1 Å². The van der Waals surface area contributed by atoms with Crippen molar-refractivity contribution in [2.24, 2.45) is 0 Å². The molecule has 0 unspecified atom stereocenters. The van der Waals surface area contributed by atoms with Crippen LogP contribution in [0.1, 0.15) is 26.3 Å². The van der Waals surface area contributed by atoms with Crippen LogP contribution in [-0.4, -0.2) is 32.7 Å². The van der Waals surface area contributed by atoms with Crippen LogP contribution in [0, 0.1) is 6.92 Å². The summed E-state index contributed by atoms with van der Waals surface area (Å²) >= 11 is 1.43. The summed E-state index contributed by atoms with van der Waals surface area (Å²) in [5, 5.41) is 2.41. The summed E-state index contributed by atoms with van der Waals surface area (Å²) in [7, 11) is -2.21. The maximum Gasteiger partial charge on any atom is 0.240 e. The Labute approximate surface area is 171 Å². The number of carbonyl (C=O) groups excluding carboxylic acids is 1. The highest BCUT2D eigenvalue weighted by atomic mass is 32.2. The molecule has 152 valence electrons. The first-order valence-corrected chi connectivity index (χ1v) is 11.2. The normalized spacial score (nSPS) is 12.6. The zero-order chi connectivity index (χ0) is 20.9. The molecule has 0 fully saturated rings. The summed E-state index contributed by atoms with van der Waals surface area (Å²) in [6.45, 7) is 7.29. The summed E-state index contributed by atoms with van der Waals surface area (Å²) in [5.74, 6) is 0.152. The fourth-order valence-electron chi connectivity index (χ4n) is 2.44. The van der Waals surface area contributed by atoms with Gasteiger partial charge in [0.15, 0.2) is 0 Å². The Morgan fingerprint density at radius 2 is 1.71 bits per heavy atom. The van der Waals surface area contributed by atoms with E-state index in [1.165, 1.54) is 37.1 Å². The molecule has 2 rings (SSSR count). The highest BCUT2D eigenvalue weighted by Gasteiger charge is 2.20. The number of benzene rings is 2. The second kappa shape index (κ2) is 9.45. The molecule has 2 aromatic rings. The lowest BCUT2D eigenvalue weighted by Gasteiger charge is -2.16. The number of ether oxygens (including phenoxy) is 1. The Bertz CT molecular complexity index is 926. The van der Waals surface area contributed by atoms with Crippen LogP contribution in [-0.2, 0) is 14.8 Å². The minimum Gasteiger partial charge on any atom is -0.495 e. The van der Waals surface area contributed by atoms with Crippen LogP contribution < -0.4 is 14.8 Å². The topological polar surface area (TPSA) is 84.5 Å². The molecule has 0 aliphatic heterocycles. The third-order valence-electron chi connectivity index (χ3n) is 3.83. The highest BCUT2D eigenvalue weighted by Crippen LogP contribution is 2.30. The standard InChI is InChI=1S/C20H26N2O4S2/c1-13(2)22-28(24,25)17-10-11-19(26-5)18(12-17)21-20(23)15(4)27-16-8-6-14(3)7-9-16/h6-13,15,22H,1-5H3,(H,21,23)/t15-/m0/s1. The predicted octanol–water partition coefficient (Wildman–Crippen LogP) is 3.81. The molecular weight excluding hydrogens is 396 g/mol. The fraction of sp³-hybridized carbons (Fsp3) is 0.350. The minimum atomic E-state index is -3.68. The lowest BCUT2D eigenvalue weighted by molar-refractivity contribution is -0.115. The van der Waals surface area contributed by atoms with Crippen molar-refractivity contribution in [3.63, 3.8) is 0 Å². The number of amides is 1. The molecule has 8 heteroatoms. The molecule has 0 saturated carbocycles. The van der Waals surface area contributed by atoms with E-state index < -0.39 is 10.0 Å². The lowest BCUT2D eigenvalue weighted by Crippen LogP contribution is -2.30. The summed E-state index contributed by atoms with van der Waals surface area (Å²) in [6, 6.07) is 12.1. The predicted molar refractivity (Wildman–Crippen MR) is 114 cm³/mol. The molecule has 0 aliphatic carbocycles. The maximum atomic E-state index is 12.6. The van der Waals surface area contributed by atoms with E-state index in [0.717, 1.165) is 10.5 Å². The van der Waals surface area contributed by atoms with Gasteiger partial charge in [0.2, 0.25) is 15.9 Å². The maximum absolute atomic E-state index is 12.6. The minimum absolute atomic E-state index is 0.0659. The molecule has 2 aromatic carbocycles. The van der Waals surface area contributed by atoms with Gasteiger partial charge in [-0.1, -0.05) is 17.7 Å². The molecule has 0 aromatic heterocycles. The van der Waals surface area contributed by atoms with Gasteiger partial charge in [0, 0.05) is 10.9 Å². The van der Waals surface area contributed by atoms with Crippen molar-refractivity contribution >= 4 is 33.4 Å². The molecule has 1 amide bonds. The van der Waals surface area contributed by atoms with Crippen LogP contribution >= 0.6 is 11.8 Å². The highest BCUT2D eigenvalue weighted by molar-refractivity contribution is 8.00. The second-order valence-corrected chi connectivity index (χ2v) is 9.83. The van der Waals surface area contributed by atoms with Crippen molar-refractivity contribution in [3.05, 3.63) is 48.0 Å².